The topological polar surface area (TPSA) is 44.2 Å². The number of nitrogens with zero attached hydrogens (tertiary/aromatic N) is 2. The second-order valence-corrected chi connectivity index (χ2v) is 4.08. The summed E-state index contributed by atoms with van der Waals surface area (Å²) in [5.74, 6) is 2.08. The van der Waals surface area contributed by atoms with Crippen LogP contribution in [0.4, 0.5) is 0 Å². The Morgan fingerprint density at radius 1 is 1.17 bits per heavy atom. The molecule has 0 bridgehead atoms. The molecule has 0 spiro atoms. The molecule has 0 radical (unpaired) electrons. The fourth-order valence-electron chi connectivity index (χ4n) is 1.34. The highest BCUT2D eigenvalue weighted by molar-refractivity contribution is 6.30. The van der Waals surface area contributed by atoms with Crippen molar-refractivity contribution in [1.29, 1.82) is 0 Å². The number of methoxy groups -OCH3 is 1. The Balaban J connectivity index is 1.99. The summed E-state index contributed by atoms with van der Waals surface area (Å²) in [7, 11) is 1.62. The molecule has 1 aromatic heterocycles. The first-order valence-electron chi connectivity index (χ1n) is 5.44. The Hall–Kier alpha value is -1.81. The van der Waals surface area contributed by atoms with Gasteiger partial charge in [0.15, 0.2) is 5.82 Å². The fourth-order valence-corrected chi connectivity index (χ4v) is 1.49. The molecule has 5 heteroatoms. The van der Waals surface area contributed by atoms with E-state index in [1.807, 2.05) is 31.2 Å². The van der Waals surface area contributed by atoms with Crippen LogP contribution in [0.25, 0.3) is 0 Å². The molecule has 0 aliphatic rings. The monoisotopic (exact) mass is 264 g/mol. The number of rotatable bonds is 4. The summed E-state index contributed by atoms with van der Waals surface area (Å²) in [5, 5.41) is 0.457. The molecule has 2 aromatic rings. The van der Waals surface area contributed by atoms with E-state index in [4.69, 9.17) is 21.1 Å². The minimum atomic E-state index is 0.284. The van der Waals surface area contributed by atoms with Gasteiger partial charge in [0.1, 0.15) is 23.3 Å². The van der Waals surface area contributed by atoms with Gasteiger partial charge in [0, 0.05) is 11.8 Å². The molecule has 0 fully saturated rings. The average Bonchev–Trinajstić information content (AvgIpc) is 2.41. The molecule has 0 saturated carbocycles. The number of aryl methyl sites for hydroxylation is 1. The first kappa shape index (κ1) is 12.6. The third kappa shape index (κ3) is 3.11. The highest BCUT2D eigenvalue weighted by atomic mass is 35.5. The Labute approximate surface area is 111 Å². The molecule has 2 rings (SSSR count). The van der Waals surface area contributed by atoms with E-state index in [1.54, 1.807) is 13.3 Å². The standard InChI is InChI=1S/C13H13ClN2O2/c1-9-7-15-12(16-13(9)14)8-18-11-5-3-10(17-2)4-6-11/h3-7H,8H2,1-2H3. The van der Waals surface area contributed by atoms with Crippen LogP contribution >= 0.6 is 11.6 Å². The SMILES string of the molecule is COc1ccc(OCc2ncc(C)c(Cl)n2)cc1. The smallest absolute Gasteiger partial charge is 0.167 e. The van der Waals surface area contributed by atoms with E-state index in [0.29, 0.717) is 11.0 Å². The van der Waals surface area contributed by atoms with E-state index in [1.165, 1.54) is 0 Å². The predicted octanol–water partition coefficient (Wildman–Crippen LogP) is 3.03. The number of hydrogen-bond donors (Lipinski definition) is 0. The van der Waals surface area contributed by atoms with Crippen LogP contribution in [-0.4, -0.2) is 17.1 Å². The Bertz CT molecular complexity index is 529. The van der Waals surface area contributed by atoms with Crippen molar-refractivity contribution in [1.82, 2.24) is 9.97 Å². The molecule has 18 heavy (non-hydrogen) atoms. The molecule has 0 amide bonds. The van der Waals surface area contributed by atoms with Crippen molar-refractivity contribution in [3.63, 3.8) is 0 Å². The van der Waals surface area contributed by atoms with Gasteiger partial charge in [0.2, 0.25) is 0 Å². The van der Waals surface area contributed by atoms with Gasteiger partial charge in [-0.1, -0.05) is 11.6 Å². The predicted molar refractivity (Wildman–Crippen MR) is 69.1 cm³/mol. The van der Waals surface area contributed by atoms with Crippen molar-refractivity contribution in [3.8, 4) is 11.5 Å². The summed E-state index contributed by atoms with van der Waals surface area (Å²) < 4.78 is 10.6. The third-order valence-corrected chi connectivity index (χ3v) is 2.77. The van der Waals surface area contributed by atoms with Crippen molar-refractivity contribution in [2.24, 2.45) is 0 Å². The van der Waals surface area contributed by atoms with Gasteiger partial charge in [-0.15, -0.1) is 0 Å². The molecule has 0 aliphatic carbocycles. The van der Waals surface area contributed by atoms with Crippen molar-refractivity contribution < 1.29 is 9.47 Å². The Morgan fingerprint density at radius 2 is 1.83 bits per heavy atom. The lowest BCUT2D eigenvalue weighted by atomic mass is 10.3. The van der Waals surface area contributed by atoms with E-state index in [0.717, 1.165) is 17.1 Å². The molecule has 4 nitrogen and oxygen atoms in total. The Kier molecular flexibility index (Phi) is 3.99. The van der Waals surface area contributed by atoms with E-state index in [2.05, 4.69) is 9.97 Å². The highest BCUT2D eigenvalue weighted by Crippen LogP contribution is 2.18. The van der Waals surface area contributed by atoms with Crippen molar-refractivity contribution in [2.45, 2.75) is 13.5 Å². The lowest BCUT2D eigenvalue weighted by Gasteiger charge is -2.06. The van der Waals surface area contributed by atoms with E-state index in [9.17, 15) is 0 Å². The van der Waals surface area contributed by atoms with E-state index in [-0.39, 0.29) is 6.61 Å². The lowest BCUT2D eigenvalue weighted by Crippen LogP contribution is -2.02. The number of benzene rings is 1. The van der Waals surface area contributed by atoms with Crippen LogP contribution < -0.4 is 9.47 Å². The summed E-state index contributed by atoms with van der Waals surface area (Å²) in [6.07, 6.45) is 1.68. The van der Waals surface area contributed by atoms with Crippen LogP contribution in [0.15, 0.2) is 30.5 Å². The van der Waals surface area contributed by atoms with E-state index < -0.39 is 0 Å². The summed E-state index contributed by atoms with van der Waals surface area (Å²) in [4.78, 5) is 8.27. The fraction of sp³-hybridized carbons (Fsp3) is 0.231. The van der Waals surface area contributed by atoms with Crippen LogP contribution in [0.3, 0.4) is 0 Å². The number of hydrogen-bond acceptors (Lipinski definition) is 4. The molecule has 0 unspecified atom stereocenters. The zero-order valence-corrected chi connectivity index (χ0v) is 10.9. The summed E-state index contributed by atoms with van der Waals surface area (Å²) in [5.41, 5.74) is 0.852. The van der Waals surface area contributed by atoms with Crippen LogP contribution in [0, 0.1) is 6.92 Å². The van der Waals surface area contributed by atoms with Crippen LogP contribution in [-0.2, 0) is 6.61 Å². The summed E-state index contributed by atoms with van der Waals surface area (Å²) in [6, 6.07) is 7.32. The second-order valence-electron chi connectivity index (χ2n) is 3.72. The molecular formula is C13H13ClN2O2. The second kappa shape index (κ2) is 5.69. The van der Waals surface area contributed by atoms with Gasteiger partial charge >= 0.3 is 0 Å². The first-order valence-corrected chi connectivity index (χ1v) is 5.81. The van der Waals surface area contributed by atoms with Gasteiger partial charge in [0.25, 0.3) is 0 Å². The van der Waals surface area contributed by atoms with Crippen molar-refractivity contribution >= 4 is 11.6 Å². The van der Waals surface area contributed by atoms with Crippen LogP contribution in [0.5, 0.6) is 11.5 Å². The number of aromatic nitrogens is 2. The zero-order valence-electron chi connectivity index (χ0n) is 10.2. The normalized spacial score (nSPS) is 10.2. The molecule has 0 saturated heterocycles. The maximum Gasteiger partial charge on any atom is 0.167 e. The minimum absolute atomic E-state index is 0.284. The van der Waals surface area contributed by atoms with Gasteiger partial charge in [0.05, 0.1) is 7.11 Å². The number of ether oxygens (including phenoxy) is 2. The average molecular weight is 265 g/mol. The van der Waals surface area contributed by atoms with Gasteiger partial charge in [-0.2, -0.15) is 0 Å². The van der Waals surface area contributed by atoms with Crippen LogP contribution in [0.1, 0.15) is 11.4 Å². The largest absolute Gasteiger partial charge is 0.497 e. The highest BCUT2D eigenvalue weighted by Gasteiger charge is 2.02. The molecular weight excluding hydrogens is 252 g/mol. The Morgan fingerprint density at radius 3 is 2.44 bits per heavy atom. The maximum atomic E-state index is 5.91. The summed E-state index contributed by atoms with van der Waals surface area (Å²) in [6.45, 7) is 2.14. The van der Waals surface area contributed by atoms with Gasteiger partial charge in [-0.05, 0) is 31.2 Å². The molecule has 1 aromatic carbocycles. The van der Waals surface area contributed by atoms with Crippen molar-refractivity contribution in [2.75, 3.05) is 7.11 Å². The molecule has 1 heterocycles. The van der Waals surface area contributed by atoms with Gasteiger partial charge < -0.3 is 9.47 Å². The quantitative estimate of drug-likeness (QED) is 0.796. The van der Waals surface area contributed by atoms with E-state index >= 15 is 0 Å². The first-order chi connectivity index (χ1) is 8.69. The number of halogens is 1. The lowest BCUT2D eigenvalue weighted by molar-refractivity contribution is 0.295. The van der Waals surface area contributed by atoms with Gasteiger partial charge in [-0.25, -0.2) is 9.97 Å². The molecule has 0 N–H and O–H groups in total. The zero-order chi connectivity index (χ0) is 13.0. The van der Waals surface area contributed by atoms with Gasteiger partial charge in [-0.3, -0.25) is 0 Å². The molecule has 0 aliphatic heterocycles. The molecule has 0 atom stereocenters. The third-order valence-electron chi connectivity index (χ3n) is 2.39. The minimum Gasteiger partial charge on any atom is -0.497 e. The molecule has 94 valence electrons. The van der Waals surface area contributed by atoms with Crippen molar-refractivity contribution in [3.05, 3.63) is 47.0 Å². The van der Waals surface area contributed by atoms with Crippen LogP contribution in [0.2, 0.25) is 5.15 Å². The maximum absolute atomic E-state index is 5.91. The summed E-state index contributed by atoms with van der Waals surface area (Å²) >= 11 is 5.91.